The topological polar surface area (TPSA) is 55.4 Å². The number of amides is 1. The van der Waals surface area contributed by atoms with Crippen LogP contribution in [0.4, 0.5) is 5.69 Å². The highest BCUT2D eigenvalue weighted by atomic mass is 35.5. The fraction of sp³-hybridized carbons (Fsp3) is 0.556. The molecular formula is C18H24ClNO3S. The molecule has 6 heteroatoms. The van der Waals surface area contributed by atoms with Gasteiger partial charge in [0.2, 0.25) is 5.91 Å². The summed E-state index contributed by atoms with van der Waals surface area (Å²) in [5, 5.41) is 3.47. The summed E-state index contributed by atoms with van der Waals surface area (Å²) in [6, 6.07) is 5.31. The molecule has 1 saturated carbocycles. The van der Waals surface area contributed by atoms with Gasteiger partial charge in [0.15, 0.2) is 0 Å². The van der Waals surface area contributed by atoms with E-state index in [4.69, 9.17) is 16.3 Å². The summed E-state index contributed by atoms with van der Waals surface area (Å²) in [5.74, 6) is 0.798. The van der Waals surface area contributed by atoms with Gasteiger partial charge < -0.3 is 10.1 Å². The van der Waals surface area contributed by atoms with Crippen molar-refractivity contribution in [3.05, 3.63) is 28.8 Å². The molecule has 0 saturated heterocycles. The van der Waals surface area contributed by atoms with Crippen molar-refractivity contribution < 1.29 is 14.3 Å². The Morgan fingerprint density at radius 2 is 1.96 bits per heavy atom. The van der Waals surface area contributed by atoms with Crippen LogP contribution in [0.25, 0.3) is 0 Å². The molecule has 1 aliphatic carbocycles. The largest absolute Gasteiger partial charge is 0.462 e. The van der Waals surface area contributed by atoms with Crippen LogP contribution in [0, 0.1) is 12.8 Å². The van der Waals surface area contributed by atoms with E-state index in [0.29, 0.717) is 5.02 Å². The van der Waals surface area contributed by atoms with Gasteiger partial charge >= 0.3 is 5.97 Å². The monoisotopic (exact) mass is 369 g/mol. The number of rotatable bonds is 6. The quantitative estimate of drug-likeness (QED) is 0.753. The predicted molar refractivity (Wildman–Crippen MR) is 99.7 cm³/mol. The van der Waals surface area contributed by atoms with Gasteiger partial charge in [0, 0.05) is 10.7 Å². The van der Waals surface area contributed by atoms with E-state index in [2.05, 4.69) is 12.2 Å². The molecule has 1 aromatic carbocycles. The Hall–Kier alpha value is -1.20. The molecule has 4 nitrogen and oxygen atoms in total. The van der Waals surface area contributed by atoms with Gasteiger partial charge in [0.25, 0.3) is 0 Å². The number of thioether (sulfide) groups is 1. The highest BCUT2D eigenvalue weighted by Gasteiger charge is 2.21. The molecule has 0 aromatic heterocycles. The Morgan fingerprint density at radius 3 is 2.62 bits per heavy atom. The smallest absolute Gasteiger partial charge is 0.316 e. The molecule has 0 atom stereocenters. The molecule has 1 N–H and O–H groups in total. The average molecular weight is 370 g/mol. The first-order chi connectivity index (χ1) is 11.4. The van der Waals surface area contributed by atoms with Crippen molar-refractivity contribution in [3.63, 3.8) is 0 Å². The Labute approximate surface area is 152 Å². The molecule has 1 aliphatic rings. The second-order valence-electron chi connectivity index (χ2n) is 6.37. The third-order valence-corrected chi connectivity index (χ3v) is 5.32. The number of esters is 1. The van der Waals surface area contributed by atoms with Crippen LogP contribution >= 0.6 is 23.4 Å². The lowest BCUT2D eigenvalue weighted by molar-refractivity contribution is -0.147. The lowest BCUT2D eigenvalue weighted by atomic mass is 9.89. The zero-order valence-electron chi connectivity index (χ0n) is 14.1. The number of carbonyl (C=O) groups is 2. The van der Waals surface area contributed by atoms with E-state index in [-0.39, 0.29) is 29.5 Å². The van der Waals surface area contributed by atoms with Crippen molar-refractivity contribution >= 4 is 40.9 Å². The van der Waals surface area contributed by atoms with Gasteiger partial charge in [-0.2, -0.15) is 0 Å². The molecule has 2 rings (SSSR count). The van der Waals surface area contributed by atoms with E-state index in [0.717, 1.165) is 42.9 Å². The molecule has 1 aromatic rings. The van der Waals surface area contributed by atoms with Crippen molar-refractivity contribution in [1.82, 2.24) is 0 Å². The Bertz CT molecular complexity index is 586. The normalized spacial score (nSPS) is 20.5. The summed E-state index contributed by atoms with van der Waals surface area (Å²) < 4.78 is 5.47. The highest BCUT2D eigenvalue weighted by molar-refractivity contribution is 8.00. The van der Waals surface area contributed by atoms with E-state index in [1.165, 1.54) is 11.8 Å². The number of aryl methyl sites for hydroxylation is 1. The first-order valence-electron chi connectivity index (χ1n) is 8.27. The predicted octanol–water partition coefficient (Wildman–Crippen LogP) is 4.44. The SMILES string of the molecule is Cc1cc(Cl)ccc1NC(=O)CSCC(=O)OC1CCC(C)CC1. The number of halogens is 1. The summed E-state index contributed by atoms with van der Waals surface area (Å²) in [6.07, 6.45) is 4.20. The molecule has 24 heavy (non-hydrogen) atoms. The maximum Gasteiger partial charge on any atom is 0.316 e. The Kier molecular flexibility index (Phi) is 7.43. The number of hydrogen-bond donors (Lipinski definition) is 1. The molecule has 0 heterocycles. The van der Waals surface area contributed by atoms with Crippen molar-refractivity contribution in [3.8, 4) is 0 Å². The Balaban J connectivity index is 1.66. The summed E-state index contributed by atoms with van der Waals surface area (Å²) in [4.78, 5) is 23.8. The second-order valence-corrected chi connectivity index (χ2v) is 7.79. The summed E-state index contributed by atoms with van der Waals surface area (Å²) in [7, 11) is 0. The number of nitrogens with one attached hydrogen (secondary N) is 1. The molecule has 0 radical (unpaired) electrons. The number of benzene rings is 1. The lowest BCUT2D eigenvalue weighted by Gasteiger charge is -2.25. The van der Waals surface area contributed by atoms with Crippen LogP contribution in [0.15, 0.2) is 18.2 Å². The van der Waals surface area contributed by atoms with Crippen molar-refractivity contribution in [2.24, 2.45) is 5.92 Å². The molecule has 0 unspecified atom stereocenters. The van der Waals surface area contributed by atoms with Crippen molar-refractivity contribution in [2.45, 2.75) is 45.6 Å². The van der Waals surface area contributed by atoms with Gasteiger partial charge in [-0.05, 0) is 62.3 Å². The Morgan fingerprint density at radius 1 is 1.25 bits per heavy atom. The highest BCUT2D eigenvalue weighted by Crippen LogP contribution is 2.26. The minimum atomic E-state index is -0.227. The lowest BCUT2D eigenvalue weighted by Crippen LogP contribution is -2.25. The standard InChI is InChI=1S/C18H24ClNO3S/c1-12-3-6-15(7-4-12)23-18(22)11-24-10-17(21)20-16-8-5-14(19)9-13(16)2/h5,8-9,12,15H,3-4,6-7,10-11H2,1-2H3,(H,20,21). The zero-order valence-corrected chi connectivity index (χ0v) is 15.7. The molecular weight excluding hydrogens is 346 g/mol. The average Bonchev–Trinajstić information content (AvgIpc) is 2.52. The fourth-order valence-electron chi connectivity index (χ4n) is 2.75. The number of anilines is 1. The molecule has 1 fully saturated rings. The van der Waals surface area contributed by atoms with Crippen LogP contribution in [0.2, 0.25) is 5.02 Å². The minimum Gasteiger partial charge on any atom is -0.462 e. The number of carbonyl (C=O) groups excluding carboxylic acids is 2. The summed E-state index contributed by atoms with van der Waals surface area (Å²) >= 11 is 7.17. The van der Waals surface area contributed by atoms with Gasteiger partial charge in [-0.15, -0.1) is 11.8 Å². The molecule has 0 bridgehead atoms. The van der Waals surface area contributed by atoms with E-state index in [9.17, 15) is 9.59 Å². The fourth-order valence-corrected chi connectivity index (χ4v) is 3.57. The van der Waals surface area contributed by atoms with Gasteiger partial charge in [-0.1, -0.05) is 18.5 Å². The maximum absolute atomic E-state index is 11.9. The second kappa shape index (κ2) is 9.33. The molecule has 0 aliphatic heterocycles. The number of ether oxygens (including phenoxy) is 1. The van der Waals surface area contributed by atoms with Gasteiger partial charge in [0.1, 0.15) is 6.10 Å². The molecule has 1 amide bonds. The maximum atomic E-state index is 11.9. The summed E-state index contributed by atoms with van der Waals surface area (Å²) in [6.45, 7) is 4.12. The van der Waals surface area contributed by atoms with Crippen molar-refractivity contribution in [2.75, 3.05) is 16.8 Å². The number of hydrogen-bond acceptors (Lipinski definition) is 4. The van der Waals surface area contributed by atoms with Crippen LogP contribution in [0.5, 0.6) is 0 Å². The van der Waals surface area contributed by atoms with Gasteiger partial charge in [-0.3, -0.25) is 9.59 Å². The molecule has 132 valence electrons. The van der Waals surface area contributed by atoms with E-state index < -0.39 is 0 Å². The van der Waals surface area contributed by atoms with E-state index >= 15 is 0 Å². The van der Waals surface area contributed by atoms with Crippen molar-refractivity contribution in [1.29, 1.82) is 0 Å². The first kappa shape index (κ1) is 19.1. The zero-order chi connectivity index (χ0) is 17.5. The van der Waals surface area contributed by atoms with E-state index in [1.807, 2.05) is 6.92 Å². The third kappa shape index (κ3) is 6.36. The van der Waals surface area contributed by atoms with Gasteiger partial charge in [0.05, 0.1) is 11.5 Å². The van der Waals surface area contributed by atoms with Crippen LogP contribution in [-0.4, -0.2) is 29.5 Å². The van der Waals surface area contributed by atoms with Crippen LogP contribution in [0.1, 0.15) is 38.2 Å². The minimum absolute atomic E-state index is 0.0554. The van der Waals surface area contributed by atoms with Crippen LogP contribution < -0.4 is 5.32 Å². The summed E-state index contributed by atoms with van der Waals surface area (Å²) in [5.41, 5.74) is 1.65. The van der Waals surface area contributed by atoms with Gasteiger partial charge in [-0.25, -0.2) is 0 Å². The van der Waals surface area contributed by atoms with E-state index in [1.54, 1.807) is 18.2 Å². The van der Waals surface area contributed by atoms with Crippen LogP contribution in [0.3, 0.4) is 0 Å². The first-order valence-corrected chi connectivity index (χ1v) is 9.80. The van der Waals surface area contributed by atoms with Crippen LogP contribution in [-0.2, 0) is 14.3 Å². The third-order valence-electron chi connectivity index (χ3n) is 4.18. The molecule has 0 spiro atoms.